The van der Waals surface area contributed by atoms with Gasteiger partial charge in [-0.15, -0.1) is 0 Å². The zero-order chi connectivity index (χ0) is 8.97. The van der Waals surface area contributed by atoms with Crippen molar-refractivity contribution in [3.05, 3.63) is 42.0 Å². The third-order valence-electron chi connectivity index (χ3n) is 2.35. The van der Waals surface area contributed by atoms with E-state index in [2.05, 4.69) is 44.7 Å². The van der Waals surface area contributed by atoms with Gasteiger partial charge in [-0.2, -0.15) is 0 Å². The van der Waals surface area contributed by atoms with E-state index in [1.54, 1.807) is 0 Å². The fourth-order valence-corrected chi connectivity index (χ4v) is 1.20. The van der Waals surface area contributed by atoms with Crippen molar-refractivity contribution in [2.75, 3.05) is 0 Å². The van der Waals surface area contributed by atoms with Crippen LogP contribution in [0.1, 0.15) is 37.3 Å². The second-order valence-corrected chi connectivity index (χ2v) is 3.18. The maximum Gasteiger partial charge on any atom is -0.0193 e. The Labute approximate surface area is 74.9 Å². The molecule has 0 saturated carbocycles. The molecule has 0 amide bonds. The predicted octanol–water partition coefficient (Wildman–Crippen LogP) is 3.84. The lowest BCUT2D eigenvalue weighted by Gasteiger charge is -2.08. The molecule has 0 N–H and O–H groups in total. The summed E-state index contributed by atoms with van der Waals surface area (Å²) in [5.41, 5.74) is 2.62. The molecule has 0 spiro atoms. The Morgan fingerprint density at radius 3 is 2.33 bits per heavy atom. The molecule has 64 valence electrons. The first kappa shape index (κ1) is 9.05. The molecule has 1 aromatic carbocycles. The molecule has 0 bridgehead atoms. The minimum atomic E-state index is 0.670. The van der Waals surface area contributed by atoms with E-state index >= 15 is 0 Å². The van der Waals surface area contributed by atoms with E-state index in [4.69, 9.17) is 0 Å². The van der Waals surface area contributed by atoms with Crippen LogP contribution in [0.5, 0.6) is 0 Å². The standard InChI is InChI=1S/C12H16/c1-4-10(3)12-8-6-11(5-2)7-9-12/h5-10H,2,4H2,1,3H3/t10-/m1/s1. The monoisotopic (exact) mass is 160 g/mol. The van der Waals surface area contributed by atoms with Gasteiger partial charge >= 0.3 is 0 Å². The van der Waals surface area contributed by atoms with E-state index < -0.39 is 0 Å². The summed E-state index contributed by atoms with van der Waals surface area (Å²) in [6, 6.07) is 8.61. The van der Waals surface area contributed by atoms with Crippen molar-refractivity contribution < 1.29 is 0 Å². The molecule has 1 atom stereocenters. The highest BCUT2D eigenvalue weighted by molar-refractivity contribution is 5.47. The molecule has 0 nitrogen and oxygen atoms in total. The van der Waals surface area contributed by atoms with Gasteiger partial charge in [0.05, 0.1) is 0 Å². The number of benzene rings is 1. The van der Waals surface area contributed by atoms with Crippen LogP contribution in [-0.4, -0.2) is 0 Å². The average Bonchev–Trinajstić information content (AvgIpc) is 2.17. The van der Waals surface area contributed by atoms with Crippen LogP contribution < -0.4 is 0 Å². The molecule has 0 heteroatoms. The molecule has 0 aliphatic carbocycles. The van der Waals surface area contributed by atoms with Crippen LogP contribution in [0.25, 0.3) is 6.08 Å². The molecule has 0 aliphatic rings. The van der Waals surface area contributed by atoms with Crippen LogP contribution in [-0.2, 0) is 0 Å². The fourth-order valence-electron chi connectivity index (χ4n) is 1.20. The predicted molar refractivity (Wildman–Crippen MR) is 55.2 cm³/mol. The van der Waals surface area contributed by atoms with Gasteiger partial charge in [0.2, 0.25) is 0 Å². The zero-order valence-electron chi connectivity index (χ0n) is 7.88. The average molecular weight is 160 g/mol. The Bertz CT molecular complexity index is 243. The summed E-state index contributed by atoms with van der Waals surface area (Å²) in [6.07, 6.45) is 3.08. The van der Waals surface area contributed by atoms with Gasteiger partial charge in [0.25, 0.3) is 0 Å². The van der Waals surface area contributed by atoms with Gasteiger partial charge in [-0.1, -0.05) is 50.8 Å². The summed E-state index contributed by atoms with van der Waals surface area (Å²) in [5.74, 6) is 0.670. The van der Waals surface area contributed by atoms with Crippen LogP contribution in [0.15, 0.2) is 30.8 Å². The SMILES string of the molecule is C=Cc1ccc([C@H](C)CC)cc1. The first-order valence-corrected chi connectivity index (χ1v) is 4.50. The zero-order valence-corrected chi connectivity index (χ0v) is 7.88. The quantitative estimate of drug-likeness (QED) is 0.630. The fraction of sp³-hybridized carbons (Fsp3) is 0.333. The second-order valence-electron chi connectivity index (χ2n) is 3.18. The Morgan fingerprint density at radius 1 is 1.33 bits per heavy atom. The number of hydrogen-bond acceptors (Lipinski definition) is 0. The summed E-state index contributed by atoms with van der Waals surface area (Å²) in [6.45, 7) is 8.19. The third kappa shape index (κ3) is 1.97. The van der Waals surface area contributed by atoms with E-state index in [1.807, 2.05) is 6.08 Å². The van der Waals surface area contributed by atoms with E-state index in [-0.39, 0.29) is 0 Å². The van der Waals surface area contributed by atoms with Gasteiger partial charge in [0, 0.05) is 0 Å². The molecule has 1 aromatic rings. The highest BCUT2D eigenvalue weighted by atomic mass is 14.1. The maximum absolute atomic E-state index is 3.73. The van der Waals surface area contributed by atoms with Gasteiger partial charge in [-0.25, -0.2) is 0 Å². The summed E-state index contributed by atoms with van der Waals surface area (Å²) in [7, 11) is 0. The third-order valence-corrected chi connectivity index (χ3v) is 2.35. The number of rotatable bonds is 3. The van der Waals surface area contributed by atoms with Crippen molar-refractivity contribution in [1.82, 2.24) is 0 Å². The smallest absolute Gasteiger partial charge is 0.0193 e. The number of hydrogen-bond donors (Lipinski definition) is 0. The minimum Gasteiger partial charge on any atom is -0.0985 e. The van der Waals surface area contributed by atoms with Crippen molar-refractivity contribution in [2.45, 2.75) is 26.2 Å². The Morgan fingerprint density at radius 2 is 1.92 bits per heavy atom. The van der Waals surface area contributed by atoms with Gasteiger partial charge < -0.3 is 0 Å². The van der Waals surface area contributed by atoms with Crippen molar-refractivity contribution in [3.8, 4) is 0 Å². The topological polar surface area (TPSA) is 0 Å². The molecular weight excluding hydrogens is 144 g/mol. The van der Waals surface area contributed by atoms with E-state index in [0.29, 0.717) is 5.92 Å². The first-order chi connectivity index (χ1) is 5.77. The summed E-state index contributed by atoms with van der Waals surface area (Å²) in [5, 5.41) is 0. The molecule has 0 aliphatic heterocycles. The van der Waals surface area contributed by atoms with E-state index in [9.17, 15) is 0 Å². The largest absolute Gasteiger partial charge is 0.0985 e. The molecule has 0 heterocycles. The van der Waals surface area contributed by atoms with Crippen LogP contribution in [0.4, 0.5) is 0 Å². The van der Waals surface area contributed by atoms with Crippen molar-refractivity contribution in [1.29, 1.82) is 0 Å². The lowest BCUT2D eigenvalue weighted by molar-refractivity contribution is 0.733. The Kier molecular flexibility index (Phi) is 3.09. The molecule has 0 saturated heterocycles. The molecule has 0 radical (unpaired) electrons. The lowest BCUT2D eigenvalue weighted by Crippen LogP contribution is -1.90. The highest BCUT2D eigenvalue weighted by Gasteiger charge is 2.00. The summed E-state index contributed by atoms with van der Waals surface area (Å²) in [4.78, 5) is 0. The van der Waals surface area contributed by atoms with Crippen molar-refractivity contribution in [2.24, 2.45) is 0 Å². The van der Waals surface area contributed by atoms with Crippen LogP contribution in [0.2, 0.25) is 0 Å². The normalized spacial score (nSPS) is 12.5. The summed E-state index contributed by atoms with van der Waals surface area (Å²) < 4.78 is 0. The minimum absolute atomic E-state index is 0.670. The van der Waals surface area contributed by atoms with Gasteiger partial charge in [-0.3, -0.25) is 0 Å². The molecular formula is C12H16. The van der Waals surface area contributed by atoms with Crippen molar-refractivity contribution in [3.63, 3.8) is 0 Å². The van der Waals surface area contributed by atoms with E-state index in [0.717, 1.165) is 0 Å². The van der Waals surface area contributed by atoms with Gasteiger partial charge in [0.15, 0.2) is 0 Å². The molecule has 1 rings (SSSR count). The maximum atomic E-state index is 3.73. The van der Waals surface area contributed by atoms with E-state index in [1.165, 1.54) is 17.5 Å². The Hall–Kier alpha value is -1.04. The highest BCUT2D eigenvalue weighted by Crippen LogP contribution is 2.18. The Balaban J connectivity index is 2.84. The van der Waals surface area contributed by atoms with Gasteiger partial charge in [-0.05, 0) is 23.5 Å². The second kappa shape index (κ2) is 4.10. The first-order valence-electron chi connectivity index (χ1n) is 4.50. The van der Waals surface area contributed by atoms with Crippen LogP contribution >= 0.6 is 0 Å². The molecule has 0 fully saturated rings. The van der Waals surface area contributed by atoms with Crippen LogP contribution in [0, 0.1) is 0 Å². The van der Waals surface area contributed by atoms with Crippen LogP contribution in [0.3, 0.4) is 0 Å². The molecule has 12 heavy (non-hydrogen) atoms. The lowest BCUT2D eigenvalue weighted by atomic mass is 9.98. The molecule has 0 unspecified atom stereocenters. The summed E-state index contributed by atoms with van der Waals surface area (Å²) >= 11 is 0. The van der Waals surface area contributed by atoms with Crippen molar-refractivity contribution >= 4 is 6.08 Å². The molecule has 0 aromatic heterocycles. The van der Waals surface area contributed by atoms with Gasteiger partial charge in [0.1, 0.15) is 0 Å².